The van der Waals surface area contributed by atoms with Crippen LogP contribution in [0.5, 0.6) is 0 Å². The highest BCUT2D eigenvalue weighted by molar-refractivity contribution is 6.33. The van der Waals surface area contributed by atoms with Gasteiger partial charge in [0, 0.05) is 6.04 Å². The molecule has 0 aromatic heterocycles. The average molecular weight is 249 g/mol. The maximum Gasteiger partial charge on any atom is 0.0739 e. The number of hydrogen-bond donors (Lipinski definition) is 2. The number of fused-ring (bicyclic) bond motifs is 5. The number of anilines is 2. The third-order valence-corrected chi connectivity index (χ3v) is 5.44. The molecule has 3 aliphatic rings. The van der Waals surface area contributed by atoms with Gasteiger partial charge in [-0.05, 0) is 55.1 Å². The average Bonchev–Trinajstić information content (AvgIpc) is 2.72. The number of halogens is 1. The third-order valence-electron chi connectivity index (χ3n) is 5.11. The second-order valence-corrected chi connectivity index (χ2v) is 6.27. The molecule has 0 heterocycles. The molecule has 1 aromatic carbocycles. The Hall–Kier alpha value is -0.890. The molecule has 4 atom stereocenters. The zero-order valence-corrected chi connectivity index (χ0v) is 10.5. The standard InChI is InChI=1S/C14H17ClN2/c15-9-2-1-3-10(13(9)16)17-14-11-7-4-5-8(6-7)12(11)14/h1-3,7-8,11-12,14,17H,4-6,16H2. The van der Waals surface area contributed by atoms with E-state index in [-0.39, 0.29) is 0 Å². The number of nitrogen functional groups attached to an aromatic ring is 1. The lowest BCUT2D eigenvalue weighted by Gasteiger charge is -2.14. The third kappa shape index (κ3) is 1.33. The first kappa shape index (κ1) is 10.1. The van der Waals surface area contributed by atoms with Crippen molar-refractivity contribution in [3.05, 3.63) is 23.2 Å². The molecule has 3 N–H and O–H groups in total. The van der Waals surface area contributed by atoms with E-state index in [0.717, 1.165) is 29.4 Å². The van der Waals surface area contributed by atoms with Crippen LogP contribution < -0.4 is 11.1 Å². The van der Waals surface area contributed by atoms with Gasteiger partial charge in [0.15, 0.2) is 0 Å². The molecule has 3 heteroatoms. The summed E-state index contributed by atoms with van der Waals surface area (Å²) >= 11 is 6.04. The fourth-order valence-electron chi connectivity index (χ4n) is 4.36. The number of benzene rings is 1. The van der Waals surface area contributed by atoms with Gasteiger partial charge in [-0.3, -0.25) is 0 Å². The van der Waals surface area contributed by atoms with Crippen LogP contribution in [0.2, 0.25) is 5.02 Å². The predicted molar refractivity (Wildman–Crippen MR) is 71.1 cm³/mol. The van der Waals surface area contributed by atoms with E-state index in [0.29, 0.717) is 16.8 Å². The van der Waals surface area contributed by atoms with Crippen molar-refractivity contribution in [2.24, 2.45) is 23.7 Å². The molecule has 2 bridgehead atoms. The Morgan fingerprint density at radius 1 is 1.18 bits per heavy atom. The monoisotopic (exact) mass is 248 g/mol. The van der Waals surface area contributed by atoms with Crippen LogP contribution in [0, 0.1) is 23.7 Å². The van der Waals surface area contributed by atoms with Gasteiger partial charge in [-0.1, -0.05) is 17.7 Å². The largest absolute Gasteiger partial charge is 0.396 e. The molecule has 4 rings (SSSR count). The molecule has 0 radical (unpaired) electrons. The predicted octanol–water partition coefficient (Wildman–Crippen LogP) is 3.38. The van der Waals surface area contributed by atoms with Gasteiger partial charge in [-0.2, -0.15) is 0 Å². The van der Waals surface area contributed by atoms with Crippen molar-refractivity contribution < 1.29 is 0 Å². The normalized spacial score (nSPS) is 41.4. The molecule has 90 valence electrons. The van der Waals surface area contributed by atoms with Gasteiger partial charge in [-0.15, -0.1) is 0 Å². The van der Waals surface area contributed by atoms with Crippen LogP contribution in [0.3, 0.4) is 0 Å². The molecular weight excluding hydrogens is 232 g/mol. The Morgan fingerprint density at radius 2 is 1.88 bits per heavy atom. The fraction of sp³-hybridized carbons (Fsp3) is 0.571. The summed E-state index contributed by atoms with van der Waals surface area (Å²) < 4.78 is 0. The smallest absolute Gasteiger partial charge is 0.0739 e. The molecule has 1 aromatic rings. The molecule has 2 nitrogen and oxygen atoms in total. The zero-order valence-electron chi connectivity index (χ0n) is 9.70. The number of nitrogens with one attached hydrogen (secondary N) is 1. The van der Waals surface area contributed by atoms with Crippen LogP contribution >= 0.6 is 11.6 Å². The maximum absolute atomic E-state index is 6.04. The first-order valence-electron chi connectivity index (χ1n) is 6.56. The molecule has 3 fully saturated rings. The molecule has 17 heavy (non-hydrogen) atoms. The van der Waals surface area contributed by atoms with E-state index < -0.39 is 0 Å². The highest BCUT2D eigenvalue weighted by Gasteiger charge is 2.65. The van der Waals surface area contributed by atoms with E-state index in [1.165, 1.54) is 19.3 Å². The Labute approximate surface area is 107 Å². The number of hydrogen-bond acceptors (Lipinski definition) is 2. The lowest BCUT2D eigenvalue weighted by molar-refractivity contribution is 0.456. The van der Waals surface area contributed by atoms with Crippen molar-refractivity contribution >= 4 is 23.0 Å². The molecule has 3 aliphatic carbocycles. The first-order chi connectivity index (χ1) is 8.25. The van der Waals surface area contributed by atoms with Crippen molar-refractivity contribution in [1.82, 2.24) is 0 Å². The van der Waals surface area contributed by atoms with Gasteiger partial charge in [0.1, 0.15) is 0 Å². The fourth-order valence-corrected chi connectivity index (χ4v) is 4.54. The Bertz CT molecular complexity index is 457. The van der Waals surface area contributed by atoms with Crippen molar-refractivity contribution in [3.63, 3.8) is 0 Å². The summed E-state index contributed by atoms with van der Waals surface area (Å²) in [5, 5.41) is 4.27. The minimum Gasteiger partial charge on any atom is -0.396 e. The maximum atomic E-state index is 6.04. The van der Waals surface area contributed by atoms with E-state index in [1.807, 2.05) is 18.2 Å². The lowest BCUT2D eigenvalue weighted by atomic mass is 10.0. The van der Waals surface area contributed by atoms with Crippen LogP contribution in [0.15, 0.2) is 18.2 Å². The summed E-state index contributed by atoms with van der Waals surface area (Å²) in [6, 6.07) is 6.52. The second-order valence-electron chi connectivity index (χ2n) is 5.86. The summed E-state index contributed by atoms with van der Waals surface area (Å²) in [6.07, 6.45) is 4.39. The molecular formula is C14H17ClN2. The van der Waals surface area contributed by atoms with E-state index >= 15 is 0 Å². The van der Waals surface area contributed by atoms with E-state index in [9.17, 15) is 0 Å². The minimum absolute atomic E-state index is 0.656. The summed E-state index contributed by atoms with van der Waals surface area (Å²) in [6.45, 7) is 0. The second kappa shape index (κ2) is 3.32. The van der Waals surface area contributed by atoms with Gasteiger partial charge >= 0.3 is 0 Å². The molecule has 0 saturated heterocycles. The highest BCUT2D eigenvalue weighted by atomic mass is 35.5. The molecule has 4 unspecified atom stereocenters. The van der Waals surface area contributed by atoms with E-state index in [4.69, 9.17) is 17.3 Å². The summed E-state index contributed by atoms with van der Waals surface area (Å²) in [5.41, 5.74) is 7.72. The SMILES string of the molecule is Nc1c(Cl)cccc1NC1C2C3CCC(C3)C12. The van der Waals surface area contributed by atoms with Gasteiger partial charge in [-0.25, -0.2) is 0 Å². The van der Waals surface area contributed by atoms with Gasteiger partial charge < -0.3 is 11.1 Å². The van der Waals surface area contributed by atoms with Crippen LogP contribution in [0.25, 0.3) is 0 Å². The minimum atomic E-state index is 0.656. The summed E-state index contributed by atoms with van der Waals surface area (Å²) in [5.74, 6) is 3.82. The summed E-state index contributed by atoms with van der Waals surface area (Å²) in [4.78, 5) is 0. The van der Waals surface area contributed by atoms with Crippen molar-refractivity contribution in [2.45, 2.75) is 25.3 Å². The van der Waals surface area contributed by atoms with Crippen LogP contribution in [0.1, 0.15) is 19.3 Å². The van der Waals surface area contributed by atoms with Crippen molar-refractivity contribution in [3.8, 4) is 0 Å². The summed E-state index contributed by atoms with van der Waals surface area (Å²) in [7, 11) is 0. The van der Waals surface area contributed by atoms with Crippen LogP contribution in [-0.2, 0) is 0 Å². The molecule has 0 spiro atoms. The number of rotatable bonds is 2. The Balaban J connectivity index is 1.55. The van der Waals surface area contributed by atoms with Crippen molar-refractivity contribution in [2.75, 3.05) is 11.1 Å². The van der Waals surface area contributed by atoms with E-state index in [2.05, 4.69) is 5.32 Å². The van der Waals surface area contributed by atoms with Crippen LogP contribution in [-0.4, -0.2) is 6.04 Å². The molecule has 3 saturated carbocycles. The number of nitrogens with two attached hydrogens (primary N) is 1. The topological polar surface area (TPSA) is 38.0 Å². The van der Waals surface area contributed by atoms with Crippen LogP contribution in [0.4, 0.5) is 11.4 Å². The Kier molecular flexibility index (Phi) is 1.97. The molecule has 0 amide bonds. The Morgan fingerprint density at radius 3 is 2.59 bits per heavy atom. The van der Waals surface area contributed by atoms with Gasteiger partial charge in [0.05, 0.1) is 16.4 Å². The zero-order chi connectivity index (χ0) is 11.6. The van der Waals surface area contributed by atoms with Gasteiger partial charge in [0.2, 0.25) is 0 Å². The first-order valence-corrected chi connectivity index (χ1v) is 6.94. The molecule has 0 aliphatic heterocycles. The lowest BCUT2D eigenvalue weighted by Crippen LogP contribution is -2.13. The van der Waals surface area contributed by atoms with E-state index in [1.54, 1.807) is 0 Å². The quantitative estimate of drug-likeness (QED) is 0.788. The number of para-hydroxylation sites is 1. The highest BCUT2D eigenvalue weighted by Crippen LogP contribution is 2.66. The van der Waals surface area contributed by atoms with Gasteiger partial charge in [0.25, 0.3) is 0 Å². The van der Waals surface area contributed by atoms with Crippen molar-refractivity contribution in [1.29, 1.82) is 0 Å².